The Bertz CT molecular complexity index is 253. The van der Waals surface area contributed by atoms with Gasteiger partial charge >= 0.3 is 0 Å². The Morgan fingerprint density at radius 3 is 2.25 bits per heavy atom. The van der Waals surface area contributed by atoms with Crippen LogP contribution in [0.25, 0.3) is 0 Å². The molecule has 16 heavy (non-hydrogen) atoms. The lowest BCUT2D eigenvalue weighted by molar-refractivity contribution is -0.135. The minimum Gasteiger partial charge on any atom is -0.343 e. The maximum atomic E-state index is 11.8. The molecule has 0 N–H and O–H groups in total. The monoisotopic (exact) mass is 225 g/mol. The summed E-state index contributed by atoms with van der Waals surface area (Å²) in [6.07, 6.45) is 2.98. The molecule has 0 saturated carbocycles. The summed E-state index contributed by atoms with van der Waals surface area (Å²) in [5, 5.41) is 0. The normalized spacial score (nSPS) is 17.9. The molecule has 0 aliphatic carbocycles. The number of piperidine rings is 1. The summed E-state index contributed by atoms with van der Waals surface area (Å²) in [5.74, 6) is 1.23. The fourth-order valence-electron chi connectivity index (χ4n) is 2.22. The van der Waals surface area contributed by atoms with Gasteiger partial charge in [0, 0.05) is 31.8 Å². The Morgan fingerprint density at radius 1 is 1.25 bits per heavy atom. The van der Waals surface area contributed by atoms with E-state index in [1.165, 1.54) is 0 Å². The minimum atomic E-state index is 0.202. The molecule has 0 atom stereocenters. The third-order valence-electron chi connectivity index (χ3n) is 3.23. The van der Waals surface area contributed by atoms with E-state index in [0.29, 0.717) is 24.5 Å². The fourth-order valence-corrected chi connectivity index (χ4v) is 2.22. The number of likely N-dealkylation sites (tertiary alicyclic amines) is 1. The zero-order chi connectivity index (χ0) is 12.1. The molecule has 1 saturated heterocycles. The summed E-state index contributed by atoms with van der Waals surface area (Å²) in [6, 6.07) is 0. The highest BCUT2D eigenvalue weighted by Crippen LogP contribution is 2.20. The predicted molar refractivity (Wildman–Crippen MR) is 64.1 cm³/mol. The van der Waals surface area contributed by atoms with E-state index in [2.05, 4.69) is 13.8 Å². The number of hydrogen-bond acceptors (Lipinski definition) is 2. The highest BCUT2D eigenvalue weighted by atomic mass is 16.2. The van der Waals surface area contributed by atoms with E-state index in [1.807, 2.05) is 11.8 Å². The Morgan fingerprint density at radius 2 is 1.81 bits per heavy atom. The van der Waals surface area contributed by atoms with E-state index in [-0.39, 0.29) is 11.8 Å². The van der Waals surface area contributed by atoms with Crippen LogP contribution >= 0.6 is 0 Å². The SMILES string of the molecule is CCC(=O)C1CCN(C(=O)CC(C)C)CC1. The van der Waals surface area contributed by atoms with Crippen molar-refractivity contribution in [2.75, 3.05) is 13.1 Å². The second-order valence-corrected chi connectivity index (χ2v) is 5.07. The van der Waals surface area contributed by atoms with E-state index in [1.54, 1.807) is 0 Å². The van der Waals surface area contributed by atoms with Crippen LogP contribution in [0, 0.1) is 11.8 Å². The highest BCUT2D eigenvalue weighted by Gasteiger charge is 2.26. The van der Waals surface area contributed by atoms with E-state index < -0.39 is 0 Å². The lowest BCUT2D eigenvalue weighted by Gasteiger charge is -2.31. The number of nitrogens with zero attached hydrogens (tertiary/aromatic N) is 1. The highest BCUT2D eigenvalue weighted by molar-refractivity contribution is 5.81. The Labute approximate surface area is 98.2 Å². The molecule has 1 aliphatic rings. The van der Waals surface area contributed by atoms with Crippen LogP contribution in [0.2, 0.25) is 0 Å². The van der Waals surface area contributed by atoms with Crippen LogP contribution in [0.4, 0.5) is 0 Å². The summed E-state index contributed by atoms with van der Waals surface area (Å²) < 4.78 is 0. The van der Waals surface area contributed by atoms with E-state index in [9.17, 15) is 9.59 Å². The van der Waals surface area contributed by atoms with Gasteiger partial charge in [-0.1, -0.05) is 20.8 Å². The molecule has 1 fully saturated rings. The first kappa shape index (κ1) is 13.2. The Balaban J connectivity index is 2.37. The number of amides is 1. The van der Waals surface area contributed by atoms with Crippen LogP contribution in [0.5, 0.6) is 0 Å². The van der Waals surface area contributed by atoms with Crippen molar-refractivity contribution in [1.29, 1.82) is 0 Å². The van der Waals surface area contributed by atoms with Gasteiger partial charge in [0.05, 0.1) is 0 Å². The number of rotatable bonds is 4. The van der Waals surface area contributed by atoms with Crippen LogP contribution in [0.15, 0.2) is 0 Å². The van der Waals surface area contributed by atoms with Crippen molar-refractivity contribution in [3.63, 3.8) is 0 Å². The van der Waals surface area contributed by atoms with Gasteiger partial charge in [-0.25, -0.2) is 0 Å². The first-order valence-corrected chi connectivity index (χ1v) is 6.35. The molecule has 92 valence electrons. The Hall–Kier alpha value is -0.860. The van der Waals surface area contributed by atoms with Crippen LogP contribution in [0.1, 0.15) is 46.5 Å². The molecule has 0 radical (unpaired) electrons. The van der Waals surface area contributed by atoms with E-state index in [0.717, 1.165) is 25.9 Å². The smallest absolute Gasteiger partial charge is 0.222 e. The molecule has 0 bridgehead atoms. The molecule has 0 aromatic carbocycles. The maximum Gasteiger partial charge on any atom is 0.222 e. The fraction of sp³-hybridized carbons (Fsp3) is 0.846. The average molecular weight is 225 g/mol. The number of carbonyl (C=O) groups excluding carboxylic acids is 2. The zero-order valence-electron chi connectivity index (χ0n) is 10.7. The van der Waals surface area contributed by atoms with Crippen molar-refractivity contribution in [2.45, 2.75) is 46.5 Å². The largest absolute Gasteiger partial charge is 0.343 e. The molecule has 1 heterocycles. The third kappa shape index (κ3) is 3.62. The first-order valence-electron chi connectivity index (χ1n) is 6.35. The van der Waals surface area contributed by atoms with Gasteiger partial charge in [-0.2, -0.15) is 0 Å². The first-order chi connectivity index (χ1) is 7.54. The summed E-state index contributed by atoms with van der Waals surface area (Å²) in [4.78, 5) is 25.2. The van der Waals surface area contributed by atoms with Crippen LogP contribution in [-0.4, -0.2) is 29.7 Å². The molecule has 1 rings (SSSR count). The second kappa shape index (κ2) is 6.02. The lowest BCUT2D eigenvalue weighted by atomic mass is 9.91. The van der Waals surface area contributed by atoms with E-state index in [4.69, 9.17) is 0 Å². The predicted octanol–water partition coefficient (Wildman–Crippen LogP) is 2.25. The van der Waals surface area contributed by atoms with Gasteiger partial charge in [-0.15, -0.1) is 0 Å². The number of carbonyl (C=O) groups is 2. The summed E-state index contributed by atoms with van der Waals surface area (Å²) in [7, 11) is 0. The summed E-state index contributed by atoms with van der Waals surface area (Å²) in [5.41, 5.74) is 0. The molecular formula is C13H23NO2. The summed E-state index contributed by atoms with van der Waals surface area (Å²) in [6.45, 7) is 7.57. The zero-order valence-corrected chi connectivity index (χ0v) is 10.7. The van der Waals surface area contributed by atoms with Gasteiger partial charge in [-0.05, 0) is 18.8 Å². The molecule has 0 spiro atoms. The molecule has 1 aliphatic heterocycles. The van der Waals surface area contributed by atoms with Gasteiger partial charge in [0.1, 0.15) is 5.78 Å². The molecular weight excluding hydrogens is 202 g/mol. The number of hydrogen-bond donors (Lipinski definition) is 0. The minimum absolute atomic E-state index is 0.202. The standard InChI is InChI=1S/C13H23NO2/c1-4-12(15)11-5-7-14(8-6-11)13(16)9-10(2)3/h10-11H,4-9H2,1-3H3. The molecule has 3 heteroatoms. The topological polar surface area (TPSA) is 37.4 Å². The van der Waals surface area contributed by atoms with Crippen molar-refractivity contribution in [3.05, 3.63) is 0 Å². The van der Waals surface area contributed by atoms with Crippen LogP contribution in [-0.2, 0) is 9.59 Å². The quantitative estimate of drug-likeness (QED) is 0.736. The van der Waals surface area contributed by atoms with Crippen molar-refractivity contribution >= 4 is 11.7 Å². The van der Waals surface area contributed by atoms with Gasteiger partial charge in [0.15, 0.2) is 0 Å². The average Bonchev–Trinajstić information content (AvgIpc) is 2.27. The number of ketones is 1. The van der Waals surface area contributed by atoms with Crippen molar-refractivity contribution in [1.82, 2.24) is 4.90 Å². The van der Waals surface area contributed by atoms with Crippen molar-refractivity contribution in [3.8, 4) is 0 Å². The number of Topliss-reactive ketones (excluding diaryl/α,β-unsaturated/α-hetero) is 1. The van der Waals surface area contributed by atoms with Gasteiger partial charge < -0.3 is 4.90 Å². The Kier molecular flexibility index (Phi) is 4.97. The van der Waals surface area contributed by atoms with Crippen molar-refractivity contribution < 1.29 is 9.59 Å². The molecule has 0 aromatic rings. The van der Waals surface area contributed by atoms with Gasteiger partial charge in [0.25, 0.3) is 0 Å². The molecule has 0 aromatic heterocycles. The van der Waals surface area contributed by atoms with Crippen LogP contribution < -0.4 is 0 Å². The van der Waals surface area contributed by atoms with Crippen LogP contribution in [0.3, 0.4) is 0 Å². The summed E-state index contributed by atoms with van der Waals surface area (Å²) >= 11 is 0. The van der Waals surface area contributed by atoms with Gasteiger partial charge in [-0.3, -0.25) is 9.59 Å². The molecule has 3 nitrogen and oxygen atoms in total. The lowest BCUT2D eigenvalue weighted by Crippen LogP contribution is -2.40. The van der Waals surface area contributed by atoms with E-state index >= 15 is 0 Å². The van der Waals surface area contributed by atoms with Crippen molar-refractivity contribution in [2.24, 2.45) is 11.8 Å². The molecule has 1 amide bonds. The third-order valence-corrected chi connectivity index (χ3v) is 3.23. The maximum absolute atomic E-state index is 11.8. The second-order valence-electron chi connectivity index (χ2n) is 5.07. The molecule has 0 unspecified atom stereocenters. The van der Waals surface area contributed by atoms with Gasteiger partial charge in [0.2, 0.25) is 5.91 Å².